The highest BCUT2D eigenvalue weighted by Crippen LogP contribution is 2.17. The van der Waals surface area contributed by atoms with Crippen LogP contribution in [0.5, 0.6) is 0 Å². The Hall–Kier alpha value is -2.61. The zero-order valence-corrected chi connectivity index (χ0v) is 15.1. The van der Waals surface area contributed by atoms with Gasteiger partial charge in [0.1, 0.15) is 11.6 Å². The number of carbonyl (C=O) groups is 1. The summed E-state index contributed by atoms with van der Waals surface area (Å²) in [6.45, 7) is 2.66. The summed E-state index contributed by atoms with van der Waals surface area (Å²) in [6.07, 6.45) is 7.89. The predicted octanol–water partition coefficient (Wildman–Crippen LogP) is 1.85. The summed E-state index contributed by atoms with van der Waals surface area (Å²) in [5, 5.41) is 2.95. The van der Waals surface area contributed by atoms with Crippen LogP contribution >= 0.6 is 0 Å². The maximum atomic E-state index is 12.4. The molecule has 3 heterocycles. The first-order valence-corrected chi connectivity index (χ1v) is 8.93. The van der Waals surface area contributed by atoms with Crippen LogP contribution in [0, 0.1) is 0 Å². The summed E-state index contributed by atoms with van der Waals surface area (Å²) >= 11 is 0. The van der Waals surface area contributed by atoms with Gasteiger partial charge in [-0.05, 0) is 38.4 Å². The number of rotatable bonds is 5. The minimum atomic E-state index is -0.0198. The molecule has 1 saturated heterocycles. The summed E-state index contributed by atoms with van der Waals surface area (Å²) in [4.78, 5) is 25.1. The Morgan fingerprint density at radius 3 is 3.08 bits per heavy atom. The van der Waals surface area contributed by atoms with E-state index in [1.807, 2.05) is 11.0 Å². The van der Waals surface area contributed by atoms with Crippen molar-refractivity contribution in [1.82, 2.24) is 25.1 Å². The first-order chi connectivity index (χ1) is 12.6. The third-order valence-electron chi connectivity index (χ3n) is 4.75. The Kier molecular flexibility index (Phi) is 6.06. The van der Waals surface area contributed by atoms with Crippen LogP contribution in [-0.4, -0.2) is 52.0 Å². The molecule has 140 valence electrons. The van der Waals surface area contributed by atoms with Crippen LogP contribution in [0.2, 0.25) is 0 Å². The van der Waals surface area contributed by atoms with Crippen molar-refractivity contribution in [3.63, 3.8) is 0 Å². The van der Waals surface area contributed by atoms with E-state index in [2.05, 4.69) is 27.2 Å². The van der Waals surface area contributed by atoms with Gasteiger partial charge in [-0.1, -0.05) is 0 Å². The number of nitrogens with zero attached hydrogens (tertiary/aromatic N) is 4. The van der Waals surface area contributed by atoms with Crippen LogP contribution in [-0.2, 0) is 13.1 Å². The molecule has 2 aromatic heterocycles. The number of furan rings is 1. The molecule has 1 aliphatic heterocycles. The molecule has 26 heavy (non-hydrogen) atoms. The highest BCUT2D eigenvalue weighted by molar-refractivity contribution is 5.74. The minimum absolute atomic E-state index is 0.0198. The lowest BCUT2D eigenvalue weighted by Crippen LogP contribution is -2.40. The number of likely N-dealkylation sites (tertiary alicyclic amines) is 1. The Labute approximate surface area is 153 Å². The van der Waals surface area contributed by atoms with Gasteiger partial charge in [0, 0.05) is 37.4 Å². The Morgan fingerprint density at radius 2 is 2.31 bits per heavy atom. The van der Waals surface area contributed by atoms with Gasteiger partial charge < -0.3 is 20.4 Å². The molecular formula is C18H26N6O2. The fraction of sp³-hybridized carbons (Fsp3) is 0.500. The number of amides is 2. The number of hydrogen-bond acceptors (Lipinski definition) is 6. The predicted molar refractivity (Wildman–Crippen MR) is 98.1 cm³/mol. The number of nitrogens with two attached hydrogens (primary N) is 1. The molecule has 1 aliphatic rings. The molecule has 0 bridgehead atoms. The van der Waals surface area contributed by atoms with Gasteiger partial charge in [0.25, 0.3) is 0 Å². The highest BCUT2D eigenvalue weighted by atomic mass is 16.3. The smallest absolute Gasteiger partial charge is 0.317 e. The molecule has 2 amide bonds. The molecule has 1 atom stereocenters. The van der Waals surface area contributed by atoms with Crippen molar-refractivity contribution in [3.05, 3.63) is 42.2 Å². The SMILES string of the molecule is CN(Cc1nccc(N)n1)[C@H]1CCCN(C(=O)NCc2ccoc2)CC1. The summed E-state index contributed by atoms with van der Waals surface area (Å²) in [5.41, 5.74) is 6.69. The summed E-state index contributed by atoms with van der Waals surface area (Å²) in [7, 11) is 2.08. The molecule has 0 aromatic carbocycles. The Morgan fingerprint density at radius 1 is 1.42 bits per heavy atom. The van der Waals surface area contributed by atoms with Gasteiger partial charge in [-0.2, -0.15) is 0 Å². The van der Waals surface area contributed by atoms with Gasteiger partial charge in [0.05, 0.1) is 19.1 Å². The number of anilines is 1. The van der Waals surface area contributed by atoms with Crippen LogP contribution < -0.4 is 11.1 Å². The average molecular weight is 358 g/mol. The van der Waals surface area contributed by atoms with E-state index in [4.69, 9.17) is 10.2 Å². The van der Waals surface area contributed by atoms with E-state index in [0.29, 0.717) is 24.9 Å². The van der Waals surface area contributed by atoms with Gasteiger partial charge in [-0.25, -0.2) is 14.8 Å². The van der Waals surface area contributed by atoms with E-state index in [-0.39, 0.29) is 6.03 Å². The second-order valence-corrected chi connectivity index (χ2v) is 6.67. The van der Waals surface area contributed by atoms with E-state index in [1.165, 1.54) is 0 Å². The molecule has 8 heteroatoms. The van der Waals surface area contributed by atoms with Crippen molar-refractivity contribution in [3.8, 4) is 0 Å². The van der Waals surface area contributed by atoms with E-state index in [1.54, 1.807) is 24.8 Å². The highest BCUT2D eigenvalue weighted by Gasteiger charge is 2.23. The largest absolute Gasteiger partial charge is 0.472 e. The van der Waals surface area contributed by atoms with Gasteiger partial charge in [-0.3, -0.25) is 4.90 Å². The van der Waals surface area contributed by atoms with Crippen LogP contribution in [0.15, 0.2) is 35.3 Å². The average Bonchev–Trinajstić information content (AvgIpc) is 3.02. The molecular weight excluding hydrogens is 332 g/mol. The van der Waals surface area contributed by atoms with Gasteiger partial charge in [0.15, 0.2) is 0 Å². The van der Waals surface area contributed by atoms with Crippen molar-refractivity contribution >= 4 is 11.8 Å². The Bertz CT molecular complexity index is 705. The van der Waals surface area contributed by atoms with Crippen LogP contribution in [0.4, 0.5) is 10.6 Å². The normalized spacial score (nSPS) is 17.9. The van der Waals surface area contributed by atoms with Gasteiger partial charge >= 0.3 is 6.03 Å². The molecule has 0 aliphatic carbocycles. The molecule has 1 fully saturated rings. The number of hydrogen-bond donors (Lipinski definition) is 2. The van der Waals surface area contributed by atoms with Crippen molar-refractivity contribution < 1.29 is 9.21 Å². The zero-order valence-electron chi connectivity index (χ0n) is 15.1. The fourth-order valence-corrected chi connectivity index (χ4v) is 3.25. The number of nitrogens with one attached hydrogen (secondary N) is 1. The third kappa shape index (κ3) is 4.95. The quantitative estimate of drug-likeness (QED) is 0.846. The summed E-state index contributed by atoms with van der Waals surface area (Å²) in [5.74, 6) is 1.22. The van der Waals surface area contributed by atoms with E-state index >= 15 is 0 Å². The fourth-order valence-electron chi connectivity index (χ4n) is 3.25. The van der Waals surface area contributed by atoms with Crippen molar-refractivity contribution in [2.45, 2.75) is 38.4 Å². The second kappa shape index (κ2) is 8.66. The van der Waals surface area contributed by atoms with Crippen molar-refractivity contribution in [2.75, 3.05) is 25.9 Å². The van der Waals surface area contributed by atoms with E-state index < -0.39 is 0 Å². The van der Waals surface area contributed by atoms with Crippen molar-refractivity contribution in [1.29, 1.82) is 0 Å². The molecule has 0 radical (unpaired) electrons. The first-order valence-electron chi connectivity index (χ1n) is 8.93. The Balaban J connectivity index is 1.48. The first kappa shape index (κ1) is 18.2. The van der Waals surface area contributed by atoms with E-state index in [0.717, 1.165) is 43.7 Å². The molecule has 0 unspecified atom stereocenters. The molecule has 3 rings (SSSR count). The van der Waals surface area contributed by atoms with Crippen LogP contribution in [0.1, 0.15) is 30.7 Å². The number of urea groups is 1. The summed E-state index contributed by atoms with van der Waals surface area (Å²) < 4.78 is 5.02. The lowest BCUT2D eigenvalue weighted by atomic mass is 10.1. The standard InChI is InChI=1S/C18H26N6O2/c1-23(12-17-20-7-4-16(19)22-17)15-3-2-8-24(9-5-15)18(25)21-11-14-6-10-26-13-14/h4,6-7,10,13,15H,2-3,5,8-9,11-12H2,1H3,(H,21,25)(H2,19,20,22)/t15-/m0/s1. The molecule has 0 saturated carbocycles. The maximum Gasteiger partial charge on any atom is 0.317 e. The van der Waals surface area contributed by atoms with Crippen molar-refractivity contribution in [2.24, 2.45) is 0 Å². The monoisotopic (exact) mass is 358 g/mol. The zero-order chi connectivity index (χ0) is 18.4. The second-order valence-electron chi connectivity index (χ2n) is 6.67. The lowest BCUT2D eigenvalue weighted by Gasteiger charge is -2.26. The molecule has 0 spiro atoms. The van der Waals surface area contributed by atoms with E-state index in [9.17, 15) is 4.79 Å². The van der Waals surface area contributed by atoms with Gasteiger partial charge in [-0.15, -0.1) is 0 Å². The number of nitrogen functional groups attached to an aromatic ring is 1. The molecule has 3 N–H and O–H groups in total. The number of aromatic nitrogens is 2. The van der Waals surface area contributed by atoms with Gasteiger partial charge in [0.2, 0.25) is 0 Å². The molecule has 2 aromatic rings. The third-order valence-corrected chi connectivity index (χ3v) is 4.75. The summed E-state index contributed by atoms with van der Waals surface area (Å²) in [6, 6.07) is 3.92. The molecule has 8 nitrogen and oxygen atoms in total. The number of carbonyl (C=O) groups excluding carboxylic acids is 1. The lowest BCUT2D eigenvalue weighted by molar-refractivity contribution is 0.190. The van der Waals surface area contributed by atoms with Crippen LogP contribution in [0.3, 0.4) is 0 Å². The van der Waals surface area contributed by atoms with Crippen LogP contribution in [0.25, 0.3) is 0 Å². The topological polar surface area (TPSA) is 101 Å². The minimum Gasteiger partial charge on any atom is -0.472 e. The maximum absolute atomic E-state index is 12.4.